The summed E-state index contributed by atoms with van der Waals surface area (Å²) in [6, 6.07) is -0.539. The maximum absolute atomic E-state index is 12.5. The number of rotatable bonds is 58. The van der Waals surface area contributed by atoms with Gasteiger partial charge in [-0.05, 0) is 51.4 Å². The minimum Gasteiger partial charge on any atom is -0.466 e. The number of ether oxygens (including phenoxy) is 1. The SMILES string of the molecule is CCCCCCCC/C=C\CCCCCCCC(=O)OCCCCCCCCCCCCCCCCCCCCCCCCCCC(=O)NC(CO)C(O)CCCCCCCCCCCCCC. The number of hydrogen-bond acceptors (Lipinski definition) is 5. The van der Waals surface area contributed by atoms with E-state index >= 15 is 0 Å². The fourth-order valence-corrected chi connectivity index (χ4v) is 9.81. The molecule has 0 aromatic rings. The Labute approximate surface area is 425 Å². The second kappa shape index (κ2) is 58.2. The zero-order valence-corrected chi connectivity index (χ0v) is 46.1. The zero-order chi connectivity index (χ0) is 49.3. The second-order valence-electron chi connectivity index (χ2n) is 21.4. The Morgan fingerprint density at radius 1 is 0.397 bits per heavy atom. The van der Waals surface area contributed by atoms with Crippen LogP contribution in [0.5, 0.6) is 0 Å². The number of aliphatic hydroxyl groups is 2. The summed E-state index contributed by atoms with van der Waals surface area (Å²) in [7, 11) is 0. The van der Waals surface area contributed by atoms with Crippen LogP contribution < -0.4 is 5.32 Å². The molecule has 0 rings (SSSR count). The molecule has 0 aliphatic rings. The standard InChI is InChI=1S/C62H121NO5/c1-3-5-7-9-11-13-15-17-28-32-36-40-44-48-52-56-62(67)68-57-53-49-45-41-37-33-30-27-25-23-21-19-18-20-22-24-26-29-31-35-39-43-47-51-55-61(66)63-59(58-64)60(65)54-50-46-42-38-34-16-14-12-10-8-6-4-2/h17,28,59-60,64-65H,3-16,18-27,29-58H2,1-2H3,(H,63,66)/b28-17-. The number of allylic oxidation sites excluding steroid dienone is 2. The lowest BCUT2D eigenvalue weighted by molar-refractivity contribution is -0.143. The molecule has 0 saturated carbocycles. The molecule has 0 aromatic heterocycles. The molecule has 1 amide bonds. The first-order valence-corrected chi connectivity index (χ1v) is 30.9. The average Bonchev–Trinajstić information content (AvgIpc) is 3.34. The first-order chi connectivity index (χ1) is 33.5. The van der Waals surface area contributed by atoms with Gasteiger partial charge in [0.1, 0.15) is 0 Å². The van der Waals surface area contributed by atoms with Crippen molar-refractivity contribution in [1.82, 2.24) is 5.32 Å². The van der Waals surface area contributed by atoms with Gasteiger partial charge in [0.2, 0.25) is 5.91 Å². The predicted molar refractivity (Wildman–Crippen MR) is 297 cm³/mol. The van der Waals surface area contributed by atoms with Crippen molar-refractivity contribution < 1.29 is 24.5 Å². The molecule has 0 aliphatic heterocycles. The van der Waals surface area contributed by atoms with Crippen LogP contribution in [0.1, 0.15) is 348 Å². The van der Waals surface area contributed by atoms with Gasteiger partial charge in [-0.25, -0.2) is 0 Å². The first-order valence-electron chi connectivity index (χ1n) is 30.9. The maximum Gasteiger partial charge on any atom is 0.305 e. The molecular weight excluding hydrogens is 839 g/mol. The van der Waals surface area contributed by atoms with Gasteiger partial charge in [-0.1, -0.05) is 296 Å². The van der Waals surface area contributed by atoms with E-state index in [1.54, 1.807) is 0 Å². The van der Waals surface area contributed by atoms with Crippen molar-refractivity contribution in [3.05, 3.63) is 12.2 Å². The molecule has 0 aromatic carbocycles. The number of aliphatic hydroxyl groups excluding tert-OH is 2. The van der Waals surface area contributed by atoms with Crippen molar-refractivity contribution in [2.45, 2.75) is 360 Å². The van der Waals surface area contributed by atoms with Gasteiger partial charge < -0.3 is 20.3 Å². The number of amides is 1. The topological polar surface area (TPSA) is 95.9 Å². The number of carbonyl (C=O) groups is 2. The van der Waals surface area contributed by atoms with E-state index in [0.29, 0.717) is 25.9 Å². The highest BCUT2D eigenvalue weighted by molar-refractivity contribution is 5.76. The predicted octanol–water partition coefficient (Wildman–Crippen LogP) is 19.2. The van der Waals surface area contributed by atoms with E-state index in [1.165, 1.54) is 270 Å². The smallest absolute Gasteiger partial charge is 0.305 e. The van der Waals surface area contributed by atoms with Gasteiger partial charge in [0, 0.05) is 12.8 Å². The highest BCUT2D eigenvalue weighted by Crippen LogP contribution is 2.18. The Morgan fingerprint density at radius 2 is 0.691 bits per heavy atom. The monoisotopic (exact) mass is 960 g/mol. The summed E-state index contributed by atoms with van der Waals surface area (Å²) < 4.78 is 5.48. The number of unbranched alkanes of at least 4 members (excludes halogenated alkanes) is 45. The molecule has 0 fully saturated rings. The summed E-state index contributed by atoms with van der Waals surface area (Å²) in [4.78, 5) is 24.5. The van der Waals surface area contributed by atoms with E-state index < -0.39 is 12.1 Å². The fourth-order valence-electron chi connectivity index (χ4n) is 9.81. The lowest BCUT2D eigenvalue weighted by Crippen LogP contribution is -2.45. The Morgan fingerprint density at radius 3 is 1.04 bits per heavy atom. The molecule has 68 heavy (non-hydrogen) atoms. The number of esters is 1. The molecule has 0 heterocycles. The van der Waals surface area contributed by atoms with Crippen LogP contribution in [0.3, 0.4) is 0 Å². The molecule has 0 aliphatic carbocycles. The normalized spacial score (nSPS) is 12.6. The molecule has 2 atom stereocenters. The number of nitrogens with one attached hydrogen (secondary N) is 1. The Kier molecular flexibility index (Phi) is 57.0. The van der Waals surface area contributed by atoms with Crippen LogP contribution in [-0.4, -0.2) is 47.4 Å². The van der Waals surface area contributed by atoms with Gasteiger partial charge in [-0.15, -0.1) is 0 Å². The number of hydrogen-bond donors (Lipinski definition) is 3. The van der Waals surface area contributed by atoms with Crippen molar-refractivity contribution in [2.24, 2.45) is 0 Å². The third-order valence-corrected chi connectivity index (χ3v) is 14.6. The lowest BCUT2D eigenvalue weighted by Gasteiger charge is -2.22. The van der Waals surface area contributed by atoms with Crippen molar-refractivity contribution in [3.8, 4) is 0 Å². The quantitative estimate of drug-likeness (QED) is 0.0321. The van der Waals surface area contributed by atoms with E-state index in [-0.39, 0.29) is 18.5 Å². The van der Waals surface area contributed by atoms with Crippen molar-refractivity contribution in [2.75, 3.05) is 13.2 Å². The van der Waals surface area contributed by atoms with Crippen LogP contribution in [0.15, 0.2) is 12.2 Å². The molecule has 6 nitrogen and oxygen atoms in total. The Bertz CT molecular complexity index is 1020. The molecule has 0 saturated heterocycles. The minimum atomic E-state index is -0.661. The van der Waals surface area contributed by atoms with Gasteiger partial charge in [-0.3, -0.25) is 9.59 Å². The third kappa shape index (κ3) is 53.9. The molecule has 6 heteroatoms. The van der Waals surface area contributed by atoms with Crippen molar-refractivity contribution >= 4 is 11.9 Å². The van der Waals surface area contributed by atoms with Gasteiger partial charge >= 0.3 is 5.97 Å². The van der Waals surface area contributed by atoms with Gasteiger partial charge in [0.25, 0.3) is 0 Å². The Hall–Kier alpha value is -1.40. The molecule has 2 unspecified atom stereocenters. The van der Waals surface area contributed by atoms with Gasteiger partial charge in [0.15, 0.2) is 0 Å². The fraction of sp³-hybridized carbons (Fsp3) is 0.935. The van der Waals surface area contributed by atoms with Crippen LogP contribution in [-0.2, 0) is 14.3 Å². The molecule has 404 valence electrons. The summed E-state index contributed by atoms with van der Waals surface area (Å²) >= 11 is 0. The third-order valence-electron chi connectivity index (χ3n) is 14.6. The van der Waals surface area contributed by atoms with Crippen LogP contribution in [0, 0.1) is 0 Å². The van der Waals surface area contributed by atoms with E-state index in [9.17, 15) is 19.8 Å². The van der Waals surface area contributed by atoms with Gasteiger partial charge in [-0.2, -0.15) is 0 Å². The van der Waals surface area contributed by atoms with Crippen LogP contribution in [0.4, 0.5) is 0 Å². The van der Waals surface area contributed by atoms with Crippen molar-refractivity contribution in [3.63, 3.8) is 0 Å². The molecule has 0 bridgehead atoms. The van der Waals surface area contributed by atoms with Crippen LogP contribution in [0.2, 0.25) is 0 Å². The average molecular weight is 961 g/mol. The number of carbonyl (C=O) groups excluding carboxylic acids is 2. The molecule has 0 radical (unpaired) electrons. The van der Waals surface area contributed by atoms with E-state index in [2.05, 4.69) is 31.3 Å². The van der Waals surface area contributed by atoms with E-state index in [0.717, 1.165) is 44.9 Å². The highest BCUT2D eigenvalue weighted by Gasteiger charge is 2.20. The van der Waals surface area contributed by atoms with E-state index in [4.69, 9.17) is 4.74 Å². The van der Waals surface area contributed by atoms with Crippen LogP contribution in [0.25, 0.3) is 0 Å². The summed E-state index contributed by atoms with van der Waals surface area (Å²) in [6.07, 6.45) is 69.4. The molecule has 0 spiro atoms. The van der Waals surface area contributed by atoms with Gasteiger partial charge in [0.05, 0.1) is 25.4 Å². The summed E-state index contributed by atoms with van der Waals surface area (Å²) in [5.74, 6) is -0.0247. The summed E-state index contributed by atoms with van der Waals surface area (Å²) in [6.45, 7) is 4.96. The van der Waals surface area contributed by atoms with Crippen molar-refractivity contribution in [1.29, 1.82) is 0 Å². The Balaban J connectivity index is 3.34. The largest absolute Gasteiger partial charge is 0.466 e. The lowest BCUT2D eigenvalue weighted by atomic mass is 10.0. The highest BCUT2D eigenvalue weighted by atomic mass is 16.5. The zero-order valence-electron chi connectivity index (χ0n) is 46.1. The maximum atomic E-state index is 12.5. The first kappa shape index (κ1) is 66.6. The minimum absolute atomic E-state index is 0.00807. The summed E-state index contributed by atoms with van der Waals surface area (Å²) in [5.41, 5.74) is 0. The van der Waals surface area contributed by atoms with Crippen LogP contribution >= 0.6 is 0 Å². The van der Waals surface area contributed by atoms with E-state index in [1.807, 2.05) is 0 Å². The summed E-state index contributed by atoms with van der Waals surface area (Å²) in [5, 5.41) is 23.2. The second-order valence-corrected chi connectivity index (χ2v) is 21.4. The molecule has 3 N–H and O–H groups in total. The molecular formula is C62H121NO5.